The van der Waals surface area contributed by atoms with Crippen molar-refractivity contribution < 1.29 is 9.53 Å². The van der Waals surface area contributed by atoms with Gasteiger partial charge >= 0.3 is 6.47 Å². The van der Waals surface area contributed by atoms with Crippen LogP contribution in [0.2, 0.25) is 0 Å². The van der Waals surface area contributed by atoms with Crippen molar-refractivity contribution in [1.29, 1.82) is 0 Å². The Balaban J connectivity index is 2.39. The van der Waals surface area contributed by atoms with E-state index >= 15 is 0 Å². The number of fused-ring (bicyclic) bond motifs is 1. The lowest BCUT2D eigenvalue weighted by molar-refractivity contribution is 0.261. The molecule has 1 unspecified atom stereocenters. The lowest BCUT2D eigenvalue weighted by Gasteiger charge is -2.13. The second kappa shape index (κ2) is 4.79. The number of benzene rings is 2. The Morgan fingerprint density at radius 2 is 1.94 bits per heavy atom. The number of ether oxygens (including phenoxy) is 1. The van der Waals surface area contributed by atoms with Gasteiger partial charge in [-0.1, -0.05) is 49.4 Å². The number of carbonyl (C=O) groups excluding carboxylic acids is 1. The van der Waals surface area contributed by atoms with Crippen molar-refractivity contribution in [3.05, 3.63) is 48.0 Å². The van der Waals surface area contributed by atoms with Gasteiger partial charge in [0.05, 0.1) is 6.61 Å². The molecule has 0 heterocycles. The molecule has 1 atom stereocenters. The Morgan fingerprint density at radius 3 is 2.75 bits per heavy atom. The zero-order valence-electron chi connectivity index (χ0n) is 9.14. The van der Waals surface area contributed by atoms with Crippen LogP contribution < -0.4 is 0 Å². The summed E-state index contributed by atoms with van der Waals surface area (Å²) >= 11 is 0. The van der Waals surface area contributed by atoms with E-state index in [1.165, 1.54) is 22.8 Å². The van der Waals surface area contributed by atoms with Crippen LogP contribution in [0.15, 0.2) is 42.5 Å². The molecular formula is C14H13O2. The maximum Gasteiger partial charge on any atom is 0.417 e. The topological polar surface area (TPSA) is 26.3 Å². The first-order chi connectivity index (χ1) is 7.83. The number of hydrogen-bond donors (Lipinski definition) is 0. The van der Waals surface area contributed by atoms with Crippen molar-refractivity contribution in [3.63, 3.8) is 0 Å². The maximum atomic E-state index is 10.1. The average Bonchev–Trinajstić information content (AvgIpc) is 2.35. The zero-order chi connectivity index (χ0) is 11.4. The van der Waals surface area contributed by atoms with E-state index in [9.17, 15) is 4.79 Å². The Labute approximate surface area is 94.8 Å². The van der Waals surface area contributed by atoms with Crippen molar-refractivity contribution >= 4 is 17.2 Å². The Hall–Kier alpha value is -1.83. The Kier molecular flexibility index (Phi) is 3.20. The van der Waals surface area contributed by atoms with Crippen LogP contribution in [-0.2, 0) is 9.53 Å². The maximum absolute atomic E-state index is 10.1. The fourth-order valence-electron chi connectivity index (χ4n) is 1.93. The first kappa shape index (κ1) is 10.7. The highest BCUT2D eigenvalue weighted by Gasteiger charge is 2.09. The predicted octanol–water partition coefficient (Wildman–Crippen LogP) is 3.03. The van der Waals surface area contributed by atoms with E-state index < -0.39 is 0 Å². The van der Waals surface area contributed by atoms with Crippen molar-refractivity contribution in [2.45, 2.75) is 12.8 Å². The highest BCUT2D eigenvalue weighted by Crippen LogP contribution is 2.25. The molecule has 0 N–H and O–H groups in total. The Bertz CT molecular complexity index is 486. The van der Waals surface area contributed by atoms with E-state index in [1.807, 2.05) is 25.1 Å². The summed E-state index contributed by atoms with van der Waals surface area (Å²) in [7, 11) is 0. The molecule has 2 rings (SSSR count). The van der Waals surface area contributed by atoms with Crippen LogP contribution in [0.1, 0.15) is 18.4 Å². The van der Waals surface area contributed by atoms with Crippen LogP contribution >= 0.6 is 0 Å². The third kappa shape index (κ3) is 2.06. The van der Waals surface area contributed by atoms with Crippen molar-refractivity contribution in [3.8, 4) is 0 Å². The molecule has 0 amide bonds. The van der Waals surface area contributed by atoms with E-state index in [1.54, 1.807) is 0 Å². The molecule has 81 valence electrons. The first-order valence-electron chi connectivity index (χ1n) is 5.29. The lowest BCUT2D eigenvalue weighted by Crippen LogP contribution is -2.03. The fraction of sp³-hybridized carbons (Fsp3) is 0.214. The molecule has 2 nitrogen and oxygen atoms in total. The van der Waals surface area contributed by atoms with Gasteiger partial charge in [-0.25, -0.2) is 4.79 Å². The number of rotatable bonds is 4. The van der Waals surface area contributed by atoms with Crippen LogP contribution in [-0.4, -0.2) is 13.1 Å². The summed E-state index contributed by atoms with van der Waals surface area (Å²) in [5.74, 6) is 0.188. The Morgan fingerprint density at radius 1 is 1.19 bits per heavy atom. The molecule has 0 bridgehead atoms. The highest BCUT2D eigenvalue weighted by molar-refractivity contribution is 5.86. The van der Waals surface area contributed by atoms with Crippen LogP contribution in [0, 0.1) is 0 Å². The molecule has 0 spiro atoms. The van der Waals surface area contributed by atoms with Crippen LogP contribution in [0.25, 0.3) is 10.8 Å². The van der Waals surface area contributed by atoms with Gasteiger partial charge in [0, 0.05) is 5.92 Å². The molecule has 0 aromatic heterocycles. The van der Waals surface area contributed by atoms with Crippen LogP contribution in [0.4, 0.5) is 0 Å². The summed E-state index contributed by atoms with van der Waals surface area (Å²) in [6.45, 7) is 3.88. The average molecular weight is 213 g/mol. The van der Waals surface area contributed by atoms with Gasteiger partial charge in [-0.15, -0.1) is 0 Å². The monoisotopic (exact) mass is 213 g/mol. The summed E-state index contributed by atoms with van der Waals surface area (Å²) in [5.41, 5.74) is 1.20. The van der Waals surface area contributed by atoms with E-state index in [0.717, 1.165) is 0 Å². The normalized spacial score (nSPS) is 12.3. The molecule has 16 heavy (non-hydrogen) atoms. The minimum atomic E-state index is 0.188. The second-order valence-corrected chi connectivity index (χ2v) is 3.86. The molecule has 0 saturated carbocycles. The van der Waals surface area contributed by atoms with Gasteiger partial charge in [-0.05, 0) is 16.3 Å². The molecule has 0 aliphatic heterocycles. The molecule has 2 aromatic rings. The largest absolute Gasteiger partial charge is 0.457 e. The van der Waals surface area contributed by atoms with E-state index in [4.69, 9.17) is 4.74 Å². The third-order valence-electron chi connectivity index (χ3n) is 2.75. The molecule has 0 fully saturated rings. The predicted molar refractivity (Wildman–Crippen MR) is 64.0 cm³/mol. The fourth-order valence-corrected chi connectivity index (χ4v) is 1.93. The van der Waals surface area contributed by atoms with Crippen LogP contribution in [0.5, 0.6) is 0 Å². The smallest absolute Gasteiger partial charge is 0.417 e. The molecule has 0 aliphatic rings. The lowest BCUT2D eigenvalue weighted by atomic mass is 9.95. The van der Waals surface area contributed by atoms with Crippen LogP contribution in [0.3, 0.4) is 0 Å². The summed E-state index contributed by atoms with van der Waals surface area (Å²) < 4.78 is 4.69. The molecular weight excluding hydrogens is 200 g/mol. The van der Waals surface area contributed by atoms with Crippen molar-refractivity contribution in [2.24, 2.45) is 0 Å². The first-order valence-corrected chi connectivity index (χ1v) is 5.29. The quantitative estimate of drug-likeness (QED) is 0.780. The summed E-state index contributed by atoms with van der Waals surface area (Å²) in [6.07, 6.45) is 0. The van der Waals surface area contributed by atoms with Gasteiger partial charge in [-0.2, -0.15) is 0 Å². The molecule has 2 heteroatoms. The van der Waals surface area contributed by atoms with Gasteiger partial charge in [-0.3, -0.25) is 0 Å². The van der Waals surface area contributed by atoms with Gasteiger partial charge in [0.15, 0.2) is 0 Å². The zero-order valence-corrected chi connectivity index (χ0v) is 9.14. The summed E-state index contributed by atoms with van der Waals surface area (Å²) in [5, 5.41) is 2.42. The minimum Gasteiger partial charge on any atom is -0.457 e. The van der Waals surface area contributed by atoms with E-state index in [0.29, 0.717) is 6.61 Å². The molecule has 0 saturated heterocycles. The van der Waals surface area contributed by atoms with Gasteiger partial charge in [0.25, 0.3) is 0 Å². The number of hydrogen-bond acceptors (Lipinski definition) is 2. The summed E-state index contributed by atoms with van der Waals surface area (Å²) in [6, 6.07) is 14.4. The van der Waals surface area contributed by atoms with Crippen molar-refractivity contribution in [2.75, 3.05) is 6.61 Å². The summed E-state index contributed by atoms with van der Waals surface area (Å²) in [4.78, 5) is 10.1. The standard InChI is InChI=1S/C14H13O2/c1-11(9-16-10-15)13-8-4-6-12-5-2-3-7-14(12)13/h2-8,11H,9H2,1H3. The van der Waals surface area contributed by atoms with E-state index in [-0.39, 0.29) is 5.92 Å². The third-order valence-corrected chi connectivity index (χ3v) is 2.75. The minimum absolute atomic E-state index is 0.188. The van der Waals surface area contributed by atoms with E-state index in [2.05, 4.69) is 24.3 Å². The van der Waals surface area contributed by atoms with Crippen molar-refractivity contribution in [1.82, 2.24) is 0 Å². The molecule has 0 aliphatic carbocycles. The SMILES string of the molecule is CC(CO[C]=O)c1cccc2ccccc12. The molecule has 2 aromatic carbocycles. The molecule has 1 radical (unpaired) electrons. The second-order valence-electron chi connectivity index (χ2n) is 3.86. The highest BCUT2D eigenvalue weighted by atomic mass is 16.5. The van der Waals surface area contributed by atoms with Gasteiger partial charge in [0.1, 0.15) is 0 Å². The van der Waals surface area contributed by atoms with Gasteiger partial charge in [0.2, 0.25) is 0 Å². The van der Waals surface area contributed by atoms with Gasteiger partial charge < -0.3 is 4.74 Å².